The molecule has 102 valence electrons. The summed E-state index contributed by atoms with van der Waals surface area (Å²) in [5.41, 5.74) is 1.17. The molecule has 0 amide bonds. The largest absolute Gasteiger partial charge is 0.491 e. The van der Waals surface area contributed by atoms with E-state index in [9.17, 15) is 0 Å². The van der Waals surface area contributed by atoms with Crippen molar-refractivity contribution in [1.29, 1.82) is 0 Å². The standard InChI is InChI=1S/C15H18BrNOS/c1-10(2)18-13-7-5-4-6-11(13)14(17-3)15-12(16)8-9-19-15/h4-10,14,17H,1-3H3. The van der Waals surface area contributed by atoms with Gasteiger partial charge >= 0.3 is 0 Å². The van der Waals surface area contributed by atoms with E-state index in [1.54, 1.807) is 11.3 Å². The molecule has 0 fully saturated rings. The third-order valence-electron chi connectivity index (χ3n) is 2.79. The van der Waals surface area contributed by atoms with Gasteiger partial charge in [0.25, 0.3) is 0 Å². The molecule has 1 aromatic heterocycles. The summed E-state index contributed by atoms with van der Waals surface area (Å²) in [6.07, 6.45) is 0.172. The van der Waals surface area contributed by atoms with Crippen LogP contribution in [0.5, 0.6) is 5.75 Å². The van der Waals surface area contributed by atoms with Crippen LogP contribution in [-0.2, 0) is 0 Å². The second kappa shape index (κ2) is 6.55. The van der Waals surface area contributed by atoms with Crippen molar-refractivity contribution in [1.82, 2.24) is 5.32 Å². The molecule has 0 radical (unpaired) electrons. The van der Waals surface area contributed by atoms with E-state index in [0.717, 1.165) is 10.2 Å². The van der Waals surface area contributed by atoms with Gasteiger partial charge in [0, 0.05) is 14.9 Å². The Bertz CT molecular complexity index is 538. The van der Waals surface area contributed by atoms with Gasteiger partial charge in [0.1, 0.15) is 5.75 Å². The second-order valence-corrected chi connectivity index (χ2v) is 6.36. The molecule has 0 aliphatic rings. The molecule has 1 aromatic carbocycles. The lowest BCUT2D eigenvalue weighted by molar-refractivity contribution is 0.239. The van der Waals surface area contributed by atoms with Crippen molar-refractivity contribution in [3.8, 4) is 5.75 Å². The van der Waals surface area contributed by atoms with Gasteiger partial charge in [0.05, 0.1) is 12.1 Å². The highest BCUT2D eigenvalue weighted by atomic mass is 79.9. The molecule has 0 bridgehead atoms. The molecular weight excluding hydrogens is 322 g/mol. The summed E-state index contributed by atoms with van der Waals surface area (Å²) in [4.78, 5) is 1.27. The molecule has 2 aromatic rings. The van der Waals surface area contributed by atoms with Crippen LogP contribution < -0.4 is 10.1 Å². The predicted octanol–water partition coefficient (Wildman–Crippen LogP) is 4.61. The van der Waals surface area contributed by atoms with Crippen molar-refractivity contribution in [3.05, 3.63) is 50.6 Å². The summed E-state index contributed by atoms with van der Waals surface area (Å²) < 4.78 is 7.05. The molecule has 1 heterocycles. The molecular formula is C15H18BrNOS. The molecule has 0 aliphatic heterocycles. The quantitative estimate of drug-likeness (QED) is 0.858. The first-order valence-corrected chi connectivity index (χ1v) is 7.96. The first kappa shape index (κ1) is 14.6. The number of ether oxygens (including phenoxy) is 1. The average Bonchev–Trinajstić information content (AvgIpc) is 2.78. The summed E-state index contributed by atoms with van der Waals surface area (Å²) >= 11 is 5.35. The van der Waals surface area contributed by atoms with Crippen LogP contribution in [0.1, 0.15) is 30.3 Å². The van der Waals surface area contributed by atoms with Crippen LogP contribution >= 0.6 is 27.3 Å². The number of rotatable bonds is 5. The Hall–Kier alpha value is -0.840. The molecule has 4 heteroatoms. The maximum Gasteiger partial charge on any atom is 0.124 e. The van der Waals surface area contributed by atoms with Gasteiger partial charge < -0.3 is 10.1 Å². The van der Waals surface area contributed by atoms with Crippen LogP contribution in [0.2, 0.25) is 0 Å². The van der Waals surface area contributed by atoms with Crippen LogP contribution in [0.3, 0.4) is 0 Å². The predicted molar refractivity (Wildman–Crippen MR) is 85.1 cm³/mol. The molecule has 1 unspecified atom stereocenters. The van der Waals surface area contributed by atoms with E-state index >= 15 is 0 Å². The fourth-order valence-corrected chi connectivity index (χ4v) is 3.75. The minimum absolute atomic E-state index is 0.143. The highest BCUT2D eigenvalue weighted by Crippen LogP contribution is 2.36. The Labute approximate surface area is 126 Å². The molecule has 0 saturated heterocycles. The van der Waals surface area contributed by atoms with Gasteiger partial charge in [-0.05, 0) is 54.3 Å². The number of para-hydroxylation sites is 1. The van der Waals surface area contributed by atoms with Crippen LogP contribution in [-0.4, -0.2) is 13.2 Å². The number of nitrogens with one attached hydrogen (secondary N) is 1. The van der Waals surface area contributed by atoms with E-state index in [1.165, 1.54) is 10.4 Å². The Morgan fingerprint density at radius 1 is 1.21 bits per heavy atom. The van der Waals surface area contributed by atoms with E-state index in [4.69, 9.17) is 4.74 Å². The van der Waals surface area contributed by atoms with Crippen molar-refractivity contribution < 1.29 is 4.74 Å². The first-order chi connectivity index (χ1) is 9.13. The lowest BCUT2D eigenvalue weighted by Gasteiger charge is -2.21. The molecule has 0 spiro atoms. The molecule has 1 atom stereocenters. The minimum Gasteiger partial charge on any atom is -0.491 e. The first-order valence-electron chi connectivity index (χ1n) is 6.29. The van der Waals surface area contributed by atoms with Crippen LogP contribution in [0.15, 0.2) is 40.2 Å². The Morgan fingerprint density at radius 2 is 1.95 bits per heavy atom. The van der Waals surface area contributed by atoms with E-state index in [0.29, 0.717) is 0 Å². The number of hydrogen-bond acceptors (Lipinski definition) is 3. The summed E-state index contributed by atoms with van der Waals surface area (Å²) in [7, 11) is 1.98. The van der Waals surface area contributed by atoms with E-state index < -0.39 is 0 Å². The smallest absolute Gasteiger partial charge is 0.124 e. The second-order valence-electron chi connectivity index (χ2n) is 4.56. The number of halogens is 1. The Balaban J connectivity index is 2.41. The van der Waals surface area contributed by atoms with Crippen LogP contribution in [0, 0.1) is 0 Å². The highest BCUT2D eigenvalue weighted by molar-refractivity contribution is 9.10. The van der Waals surface area contributed by atoms with Crippen molar-refractivity contribution in [3.63, 3.8) is 0 Å². The summed E-state index contributed by atoms with van der Waals surface area (Å²) in [5.74, 6) is 0.942. The average molecular weight is 340 g/mol. The van der Waals surface area contributed by atoms with Gasteiger partial charge in [-0.2, -0.15) is 0 Å². The topological polar surface area (TPSA) is 21.3 Å². The number of hydrogen-bond donors (Lipinski definition) is 1. The minimum atomic E-state index is 0.143. The van der Waals surface area contributed by atoms with Gasteiger partial charge in [-0.25, -0.2) is 0 Å². The lowest BCUT2D eigenvalue weighted by Crippen LogP contribution is -2.19. The van der Waals surface area contributed by atoms with Gasteiger partial charge in [0.15, 0.2) is 0 Å². The van der Waals surface area contributed by atoms with Crippen molar-refractivity contribution in [2.24, 2.45) is 0 Å². The Morgan fingerprint density at radius 3 is 2.53 bits per heavy atom. The maximum atomic E-state index is 5.92. The van der Waals surface area contributed by atoms with Gasteiger partial charge in [-0.15, -0.1) is 11.3 Å². The normalized spacial score (nSPS) is 12.7. The zero-order chi connectivity index (χ0) is 13.8. The summed E-state index contributed by atoms with van der Waals surface area (Å²) in [5, 5.41) is 5.47. The fraction of sp³-hybridized carbons (Fsp3) is 0.333. The fourth-order valence-electron chi connectivity index (χ4n) is 2.02. The van der Waals surface area contributed by atoms with E-state index in [-0.39, 0.29) is 12.1 Å². The van der Waals surface area contributed by atoms with Crippen LogP contribution in [0.4, 0.5) is 0 Å². The molecule has 0 aliphatic carbocycles. The molecule has 2 rings (SSSR count). The van der Waals surface area contributed by atoms with E-state index in [1.807, 2.05) is 39.1 Å². The third-order valence-corrected chi connectivity index (χ3v) is 4.72. The monoisotopic (exact) mass is 339 g/mol. The zero-order valence-corrected chi connectivity index (χ0v) is 13.7. The third kappa shape index (κ3) is 3.38. The lowest BCUT2D eigenvalue weighted by atomic mass is 10.0. The maximum absolute atomic E-state index is 5.92. The number of benzene rings is 1. The molecule has 1 N–H and O–H groups in total. The van der Waals surface area contributed by atoms with Crippen molar-refractivity contribution in [2.45, 2.75) is 26.0 Å². The summed E-state index contributed by atoms with van der Waals surface area (Å²) in [6, 6.07) is 10.4. The van der Waals surface area contributed by atoms with Crippen molar-refractivity contribution in [2.75, 3.05) is 7.05 Å². The molecule has 19 heavy (non-hydrogen) atoms. The van der Waals surface area contributed by atoms with Gasteiger partial charge in [-0.3, -0.25) is 0 Å². The van der Waals surface area contributed by atoms with Gasteiger partial charge in [0.2, 0.25) is 0 Å². The SMILES string of the molecule is CNC(c1ccccc1OC(C)C)c1sccc1Br. The van der Waals surface area contributed by atoms with Gasteiger partial charge in [-0.1, -0.05) is 18.2 Å². The molecule has 0 saturated carbocycles. The Kier molecular flexibility index (Phi) is 5.02. The number of thiophene rings is 1. The summed E-state index contributed by atoms with van der Waals surface area (Å²) in [6.45, 7) is 4.10. The molecule has 2 nitrogen and oxygen atoms in total. The highest BCUT2D eigenvalue weighted by Gasteiger charge is 2.20. The van der Waals surface area contributed by atoms with E-state index in [2.05, 4.69) is 38.8 Å². The zero-order valence-electron chi connectivity index (χ0n) is 11.3. The van der Waals surface area contributed by atoms with Crippen molar-refractivity contribution >= 4 is 27.3 Å². The van der Waals surface area contributed by atoms with Crippen LogP contribution in [0.25, 0.3) is 0 Å².